The number of aryl methyl sites for hydroxylation is 1. The third-order valence-electron chi connectivity index (χ3n) is 4.97. The van der Waals surface area contributed by atoms with Crippen LogP contribution in [0.4, 0.5) is 0 Å². The molecule has 7 N–H and O–H groups in total. The van der Waals surface area contributed by atoms with Crippen molar-refractivity contribution in [2.24, 2.45) is 5.73 Å². The molecule has 0 heterocycles. The van der Waals surface area contributed by atoms with E-state index >= 15 is 0 Å². The first-order chi connectivity index (χ1) is 16.7. The molecule has 1 rings (SSSR count). The minimum atomic E-state index is -0.835. The van der Waals surface area contributed by atoms with Crippen LogP contribution in [0, 0.1) is 3.57 Å². The van der Waals surface area contributed by atoms with E-state index < -0.39 is 23.9 Å². The van der Waals surface area contributed by atoms with Crippen molar-refractivity contribution in [1.29, 1.82) is 0 Å². The smallest absolute Gasteiger partial charge is 0.240 e. The van der Waals surface area contributed by atoms with Crippen LogP contribution in [0.25, 0.3) is 0 Å². The molecule has 12 heteroatoms. The number of rotatable bonds is 18. The van der Waals surface area contributed by atoms with E-state index in [9.17, 15) is 24.0 Å². The van der Waals surface area contributed by atoms with Crippen LogP contribution in [-0.4, -0.2) is 75.2 Å². The van der Waals surface area contributed by atoms with Gasteiger partial charge in [0.15, 0.2) is 0 Å². The highest BCUT2D eigenvalue weighted by Gasteiger charge is 2.18. The van der Waals surface area contributed by atoms with Crippen LogP contribution in [0.3, 0.4) is 0 Å². The molecule has 0 aliphatic rings. The Balaban J connectivity index is 2.23. The molecule has 1 aromatic rings. The fraction of sp³-hybridized carbons (Fsp3) is 0.522. The Kier molecular flexibility index (Phi) is 15.5. The lowest BCUT2D eigenvalue weighted by molar-refractivity contribution is -0.127. The van der Waals surface area contributed by atoms with Gasteiger partial charge in [0.2, 0.25) is 23.6 Å². The van der Waals surface area contributed by atoms with Gasteiger partial charge in [-0.3, -0.25) is 19.2 Å². The van der Waals surface area contributed by atoms with E-state index in [0.717, 1.165) is 9.13 Å². The molecule has 1 aromatic carbocycles. The first-order valence-corrected chi connectivity index (χ1v) is 12.5. The number of likely N-dealkylation sites (N-methyl/N-ethyl adjacent to an activating group) is 1. The van der Waals surface area contributed by atoms with Crippen molar-refractivity contribution in [3.63, 3.8) is 0 Å². The number of carbonyl (C=O) groups excluding carboxylic acids is 5. The topological polar surface area (TPSA) is 172 Å². The van der Waals surface area contributed by atoms with Gasteiger partial charge in [0, 0.05) is 23.1 Å². The lowest BCUT2D eigenvalue weighted by Crippen LogP contribution is -2.50. The highest BCUT2D eigenvalue weighted by molar-refractivity contribution is 14.1. The molecule has 0 fully saturated rings. The van der Waals surface area contributed by atoms with E-state index in [-0.39, 0.29) is 31.4 Å². The first kappa shape index (κ1) is 30.5. The second kappa shape index (κ2) is 17.8. The SMILES string of the molecule is CNCC(=O)NC(C=O)CNCC(=O)N[C@@H](CCCCNC(=O)CCc1ccc(I)cc1)C(N)=O. The minimum absolute atomic E-state index is 0.0369. The summed E-state index contributed by atoms with van der Waals surface area (Å²) in [6.45, 7) is 0.463. The highest BCUT2D eigenvalue weighted by Crippen LogP contribution is 2.08. The largest absolute Gasteiger partial charge is 0.368 e. The molecule has 0 spiro atoms. The van der Waals surface area contributed by atoms with Crippen molar-refractivity contribution in [2.75, 3.05) is 33.2 Å². The molecule has 11 nitrogen and oxygen atoms in total. The average molecular weight is 602 g/mol. The van der Waals surface area contributed by atoms with Crippen LogP contribution in [0.15, 0.2) is 24.3 Å². The molecular formula is C23H35IN6O5. The van der Waals surface area contributed by atoms with Crippen molar-refractivity contribution in [3.8, 4) is 0 Å². The second-order valence-electron chi connectivity index (χ2n) is 7.97. The molecule has 35 heavy (non-hydrogen) atoms. The molecule has 2 atom stereocenters. The summed E-state index contributed by atoms with van der Waals surface area (Å²) in [7, 11) is 1.61. The molecule has 0 saturated carbocycles. The fourth-order valence-electron chi connectivity index (χ4n) is 3.12. The second-order valence-corrected chi connectivity index (χ2v) is 9.21. The van der Waals surface area contributed by atoms with E-state index in [1.54, 1.807) is 7.05 Å². The van der Waals surface area contributed by atoms with Gasteiger partial charge in [-0.1, -0.05) is 12.1 Å². The summed E-state index contributed by atoms with van der Waals surface area (Å²) < 4.78 is 1.15. The van der Waals surface area contributed by atoms with E-state index in [2.05, 4.69) is 49.2 Å². The highest BCUT2D eigenvalue weighted by atomic mass is 127. The Morgan fingerprint density at radius 1 is 1.00 bits per heavy atom. The molecule has 0 radical (unpaired) electrons. The molecular weight excluding hydrogens is 567 g/mol. The van der Waals surface area contributed by atoms with E-state index in [4.69, 9.17) is 5.73 Å². The van der Waals surface area contributed by atoms with Gasteiger partial charge in [-0.05, 0) is 73.0 Å². The number of unbranched alkanes of at least 4 members (excludes halogenated alkanes) is 1. The van der Waals surface area contributed by atoms with Gasteiger partial charge in [0.1, 0.15) is 12.3 Å². The summed E-state index contributed by atoms with van der Waals surface area (Å²) in [6.07, 6.45) is 3.21. The van der Waals surface area contributed by atoms with Crippen LogP contribution in [0.2, 0.25) is 0 Å². The summed E-state index contributed by atoms with van der Waals surface area (Å²) in [5.41, 5.74) is 6.50. The molecule has 0 aliphatic carbocycles. The lowest BCUT2D eigenvalue weighted by atomic mass is 10.1. The number of amides is 4. The Labute approximate surface area is 219 Å². The third-order valence-corrected chi connectivity index (χ3v) is 5.69. The Hall–Kier alpha value is -2.58. The van der Waals surface area contributed by atoms with Crippen LogP contribution >= 0.6 is 22.6 Å². The molecule has 0 aromatic heterocycles. The predicted molar refractivity (Wildman–Crippen MR) is 140 cm³/mol. The first-order valence-electron chi connectivity index (χ1n) is 11.4. The lowest BCUT2D eigenvalue weighted by Gasteiger charge is -2.17. The number of primary amides is 1. The van der Waals surface area contributed by atoms with Crippen LogP contribution in [-0.2, 0) is 30.4 Å². The van der Waals surface area contributed by atoms with Crippen LogP contribution in [0.1, 0.15) is 31.2 Å². The summed E-state index contributed by atoms with van der Waals surface area (Å²) >= 11 is 2.23. The molecule has 0 aliphatic heterocycles. The van der Waals surface area contributed by atoms with E-state index in [1.807, 2.05) is 24.3 Å². The number of carbonyl (C=O) groups is 5. The Morgan fingerprint density at radius 2 is 1.69 bits per heavy atom. The molecule has 0 saturated heterocycles. The van der Waals surface area contributed by atoms with Gasteiger partial charge in [-0.15, -0.1) is 0 Å². The van der Waals surface area contributed by atoms with Crippen molar-refractivity contribution in [1.82, 2.24) is 26.6 Å². The minimum Gasteiger partial charge on any atom is -0.368 e. The van der Waals surface area contributed by atoms with E-state index in [0.29, 0.717) is 44.9 Å². The maximum Gasteiger partial charge on any atom is 0.240 e. The number of nitrogens with one attached hydrogen (secondary N) is 5. The van der Waals surface area contributed by atoms with Crippen molar-refractivity contribution < 1.29 is 24.0 Å². The monoisotopic (exact) mass is 602 g/mol. The van der Waals surface area contributed by atoms with Crippen molar-refractivity contribution in [2.45, 2.75) is 44.2 Å². The van der Waals surface area contributed by atoms with Gasteiger partial charge in [0.05, 0.1) is 19.1 Å². The quantitative estimate of drug-likeness (QED) is 0.0709. The van der Waals surface area contributed by atoms with Crippen LogP contribution < -0.4 is 32.3 Å². The summed E-state index contributed by atoms with van der Waals surface area (Å²) in [5.74, 6) is -1.48. The summed E-state index contributed by atoms with van der Waals surface area (Å²) in [6, 6.07) is 6.41. The zero-order chi connectivity index (χ0) is 26.1. The molecule has 194 valence electrons. The maximum atomic E-state index is 12.1. The van der Waals surface area contributed by atoms with Crippen molar-refractivity contribution in [3.05, 3.63) is 33.4 Å². The fourth-order valence-corrected chi connectivity index (χ4v) is 3.48. The average Bonchev–Trinajstić information content (AvgIpc) is 2.82. The summed E-state index contributed by atoms with van der Waals surface area (Å²) in [4.78, 5) is 58.3. The Morgan fingerprint density at radius 3 is 2.31 bits per heavy atom. The number of halogens is 1. The standard InChI is InChI=1S/C23H35IN6O5/c1-26-13-21(33)29-18(15-31)12-27-14-22(34)30-19(23(25)35)4-2-3-11-28-20(32)10-7-16-5-8-17(24)9-6-16/h5-6,8-9,15,18-19,26-27H,2-4,7,10-14H2,1H3,(H2,25,35)(H,28,32)(H,29,33)(H,30,34)/t18?,19-/m0/s1. The third kappa shape index (κ3) is 14.4. The van der Waals surface area contributed by atoms with Crippen molar-refractivity contribution >= 4 is 52.5 Å². The predicted octanol–water partition coefficient (Wildman–Crippen LogP) is -1.03. The van der Waals surface area contributed by atoms with Gasteiger partial charge < -0.3 is 37.1 Å². The van der Waals surface area contributed by atoms with Gasteiger partial charge in [-0.2, -0.15) is 0 Å². The maximum absolute atomic E-state index is 12.1. The zero-order valence-electron chi connectivity index (χ0n) is 19.9. The Bertz CT molecular complexity index is 836. The van der Waals surface area contributed by atoms with Gasteiger partial charge in [0.25, 0.3) is 0 Å². The normalized spacial score (nSPS) is 12.3. The molecule has 0 bridgehead atoms. The molecule has 1 unspecified atom stereocenters. The number of aldehydes is 1. The number of nitrogens with two attached hydrogens (primary N) is 1. The van der Waals surface area contributed by atoms with E-state index in [1.165, 1.54) is 0 Å². The number of hydrogen-bond donors (Lipinski definition) is 6. The van der Waals surface area contributed by atoms with Gasteiger partial charge in [-0.25, -0.2) is 0 Å². The number of hydrogen-bond acceptors (Lipinski definition) is 7. The number of benzene rings is 1. The zero-order valence-corrected chi connectivity index (χ0v) is 22.1. The van der Waals surface area contributed by atoms with Gasteiger partial charge >= 0.3 is 0 Å². The molecule has 4 amide bonds. The van der Waals surface area contributed by atoms with Crippen LogP contribution in [0.5, 0.6) is 0 Å². The summed E-state index contributed by atoms with van der Waals surface area (Å²) in [5, 5.41) is 13.4.